The molecule has 2 aromatic rings. The van der Waals surface area contributed by atoms with Crippen molar-refractivity contribution in [3.8, 4) is 0 Å². The molecular weight excluding hydrogens is 336 g/mol. The van der Waals surface area contributed by atoms with Crippen molar-refractivity contribution in [2.75, 3.05) is 0 Å². The maximum atomic E-state index is 12.3. The number of Topliss-reactive ketones (excluding diaryl/α,β-unsaturated/α-hetero) is 1. The Morgan fingerprint density at radius 2 is 1.30 bits per heavy atom. The molecule has 0 aliphatic heterocycles. The van der Waals surface area contributed by atoms with Gasteiger partial charge < -0.3 is 10.6 Å². The van der Waals surface area contributed by atoms with Crippen molar-refractivity contribution in [3.63, 3.8) is 0 Å². The number of carbonyl (C=O) groups excluding carboxylic acids is 2. The number of hydrogen-bond acceptors (Lipinski definition) is 3. The Morgan fingerprint density at radius 1 is 0.778 bits per heavy atom. The first-order chi connectivity index (χ1) is 12.8. The highest BCUT2D eigenvalue weighted by Gasteiger charge is 2.09. The molecular formula is C23H30N2O2. The summed E-state index contributed by atoms with van der Waals surface area (Å²) < 4.78 is 0. The van der Waals surface area contributed by atoms with Crippen LogP contribution < -0.4 is 10.6 Å². The first-order valence-corrected chi connectivity index (χ1v) is 9.56. The molecule has 0 aliphatic rings. The SMILES string of the molecule is CC(C)NCc1ccc(C(=O)NCc2ccc(CC(=O)C(C)C)cc2)cc1. The van der Waals surface area contributed by atoms with Gasteiger partial charge in [0.15, 0.2) is 0 Å². The van der Waals surface area contributed by atoms with Gasteiger partial charge in [0.2, 0.25) is 0 Å². The zero-order chi connectivity index (χ0) is 19.8. The number of nitrogens with one attached hydrogen (secondary N) is 2. The van der Waals surface area contributed by atoms with Crippen molar-refractivity contribution in [1.29, 1.82) is 0 Å². The van der Waals surface area contributed by atoms with Crippen molar-refractivity contribution in [2.45, 2.75) is 53.2 Å². The lowest BCUT2D eigenvalue weighted by Gasteiger charge is -2.10. The monoisotopic (exact) mass is 366 g/mol. The van der Waals surface area contributed by atoms with Crippen LogP contribution in [0.3, 0.4) is 0 Å². The summed E-state index contributed by atoms with van der Waals surface area (Å²) in [5, 5.41) is 6.30. The smallest absolute Gasteiger partial charge is 0.251 e. The van der Waals surface area contributed by atoms with Crippen molar-refractivity contribution in [2.24, 2.45) is 5.92 Å². The van der Waals surface area contributed by atoms with Crippen LogP contribution in [-0.4, -0.2) is 17.7 Å². The lowest BCUT2D eigenvalue weighted by atomic mass is 10.0. The van der Waals surface area contributed by atoms with Crippen molar-refractivity contribution in [3.05, 3.63) is 70.8 Å². The van der Waals surface area contributed by atoms with Crippen molar-refractivity contribution >= 4 is 11.7 Å². The fourth-order valence-electron chi connectivity index (χ4n) is 2.56. The van der Waals surface area contributed by atoms with Crippen LogP contribution >= 0.6 is 0 Å². The molecule has 0 aliphatic carbocycles. The van der Waals surface area contributed by atoms with Crippen LogP contribution in [0.1, 0.15) is 54.7 Å². The van der Waals surface area contributed by atoms with Crippen LogP contribution in [0.25, 0.3) is 0 Å². The summed E-state index contributed by atoms with van der Waals surface area (Å²) in [4.78, 5) is 24.1. The minimum absolute atomic E-state index is 0.0523. The lowest BCUT2D eigenvalue weighted by molar-refractivity contribution is -0.121. The van der Waals surface area contributed by atoms with E-state index in [0.29, 0.717) is 24.6 Å². The molecule has 0 saturated heterocycles. The molecule has 2 N–H and O–H groups in total. The molecule has 0 radical (unpaired) electrons. The Bertz CT molecular complexity index is 747. The van der Waals surface area contributed by atoms with Gasteiger partial charge in [-0.2, -0.15) is 0 Å². The van der Waals surface area contributed by atoms with Gasteiger partial charge in [-0.25, -0.2) is 0 Å². The molecule has 0 heterocycles. The molecule has 144 valence electrons. The zero-order valence-electron chi connectivity index (χ0n) is 16.7. The second-order valence-electron chi connectivity index (χ2n) is 7.53. The van der Waals surface area contributed by atoms with Crippen LogP contribution in [0.15, 0.2) is 48.5 Å². The Balaban J connectivity index is 1.85. The second-order valence-corrected chi connectivity index (χ2v) is 7.53. The normalized spacial score (nSPS) is 11.0. The molecule has 0 atom stereocenters. The third-order valence-corrected chi connectivity index (χ3v) is 4.43. The average molecular weight is 367 g/mol. The summed E-state index contributed by atoms with van der Waals surface area (Å²) in [6.07, 6.45) is 0.461. The van der Waals surface area contributed by atoms with E-state index in [-0.39, 0.29) is 17.6 Å². The highest BCUT2D eigenvalue weighted by Crippen LogP contribution is 2.09. The summed E-state index contributed by atoms with van der Waals surface area (Å²) in [6.45, 7) is 9.31. The molecule has 0 bridgehead atoms. The van der Waals surface area contributed by atoms with Crippen LogP contribution in [0.2, 0.25) is 0 Å². The minimum Gasteiger partial charge on any atom is -0.348 e. The summed E-state index contributed by atoms with van der Waals surface area (Å²) >= 11 is 0. The standard InChI is InChI=1S/C23H30N2O2/c1-16(2)22(26)13-18-5-7-19(8-6-18)15-25-23(27)21-11-9-20(10-12-21)14-24-17(3)4/h5-12,16-17,24H,13-15H2,1-4H3,(H,25,27). The highest BCUT2D eigenvalue weighted by atomic mass is 16.1. The first kappa shape index (κ1) is 20.8. The first-order valence-electron chi connectivity index (χ1n) is 9.56. The van der Waals surface area contributed by atoms with E-state index in [1.165, 1.54) is 0 Å². The summed E-state index contributed by atoms with van der Waals surface area (Å²) in [5.74, 6) is 0.206. The van der Waals surface area contributed by atoms with Gasteiger partial charge in [0, 0.05) is 37.0 Å². The number of amides is 1. The number of rotatable bonds is 9. The van der Waals surface area contributed by atoms with E-state index < -0.39 is 0 Å². The van der Waals surface area contributed by atoms with Gasteiger partial charge in [0.1, 0.15) is 5.78 Å². The third kappa shape index (κ3) is 6.99. The zero-order valence-corrected chi connectivity index (χ0v) is 16.7. The summed E-state index contributed by atoms with van der Waals surface area (Å²) in [5.41, 5.74) is 3.84. The van der Waals surface area contributed by atoms with E-state index in [0.717, 1.165) is 23.2 Å². The van der Waals surface area contributed by atoms with Gasteiger partial charge >= 0.3 is 0 Å². The molecule has 2 aromatic carbocycles. The molecule has 0 unspecified atom stereocenters. The molecule has 4 nitrogen and oxygen atoms in total. The van der Waals surface area contributed by atoms with Crippen LogP contribution in [0.5, 0.6) is 0 Å². The van der Waals surface area contributed by atoms with Gasteiger partial charge in [-0.05, 0) is 28.8 Å². The predicted molar refractivity (Wildman–Crippen MR) is 110 cm³/mol. The highest BCUT2D eigenvalue weighted by molar-refractivity contribution is 5.94. The number of ketones is 1. The topological polar surface area (TPSA) is 58.2 Å². The van der Waals surface area contributed by atoms with E-state index in [4.69, 9.17) is 0 Å². The Labute approximate surface area is 162 Å². The van der Waals surface area contributed by atoms with E-state index >= 15 is 0 Å². The van der Waals surface area contributed by atoms with Crippen LogP contribution in [0.4, 0.5) is 0 Å². The summed E-state index contributed by atoms with van der Waals surface area (Å²) in [6, 6.07) is 15.9. The molecule has 0 saturated carbocycles. The predicted octanol–water partition coefficient (Wildman–Crippen LogP) is 3.88. The molecule has 0 aromatic heterocycles. The summed E-state index contributed by atoms with van der Waals surface area (Å²) in [7, 11) is 0. The van der Waals surface area contributed by atoms with E-state index in [1.54, 1.807) is 0 Å². The molecule has 4 heteroatoms. The van der Waals surface area contributed by atoms with Gasteiger partial charge in [0.05, 0.1) is 0 Å². The van der Waals surface area contributed by atoms with Gasteiger partial charge in [-0.15, -0.1) is 0 Å². The number of hydrogen-bond donors (Lipinski definition) is 2. The quantitative estimate of drug-likeness (QED) is 0.708. The number of benzene rings is 2. The van der Waals surface area contributed by atoms with Crippen molar-refractivity contribution < 1.29 is 9.59 Å². The fourth-order valence-corrected chi connectivity index (χ4v) is 2.56. The number of carbonyl (C=O) groups is 2. The molecule has 0 fully saturated rings. The van der Waals surface area contributed by atoms with Crippen LogP contribution in [-0.2, 0) is 24.3 Å². The molecule has 0 spiro atoms. The van der Waals surface area contributed by atoms with Crippen molar-refractivity contribution in [1.82, 2.24) is 10.6 Å². The van der Waals surface area contributed by atoms with Crippen LogP contribution in [0, 0.1) is 5.92 Å². The maximum Gasteiger partial charge on any atom is 0.251 e. The lowest BCUT2D eigenvalue weighted by Crippen LogP contribution is -2.23. The molecule has 27 heavy (non-hydrogen) atoms. The average Bonchev–Trinajstić information content (AvgIpc) is 2.65. The van der Waals surface area contributed by atoms with Gasteiger partial charge in [-0.1, -0.05) is 64.1 Å². The largest absolute Gasteiger partial charge is 0.348 e. The Kier molecular flexibility index (Phi) is 7.74. The maximum absolute atomic E-state index is 12.3. The molecule has 2 rings (SSSR count). The third-order valence-electron chi connectivity index (χ3n) is 4.43. The van der Waals surface area contributed by atoms with Gasteiger partial charge in [-0.3, -0.25) is 9.59 Å². The van der Waals surface area contributed by atoms with E-state index in [9.17, 15) is 9.59 Å². The second kappa shape index (κ2) is 10.0. The van der Waals surface area contributed by atoms with E-state index in [1.807, 2.05) is 62.4 Å². The van der Waals surface area contributed by atoms with Gasteiger partial charge in [0.25, 0.3) is 5.91 Å². The molecule has 1 amide bonds. The van der Waals surface area contributed by atoms with E-state index in [2.05, 4.69) is 24.5 Å². The Hall–Kier alpha value is -2.46. The minimum atomic E-state index is -0.0857. The Morgan fingerprint density at radius 3 is 1.85 bits per heavy atom. The fraction of sp³-hybridized carbons (Fsp3) is 0.391.